The molecule has 0 unspecified atom stereocenters. The molecule has 0 radical (unpaired) electrons. The van der Waals surface area contributed by atoms with E-state index in [1.165, 1.54) is 6.20 Å². The Morgan fingerprint density at radius 3 is 2.65 bits per heavy atom. The van der Waals surface area contributed by atoms with E-state index in [1.54, 1.807) is 0 Å². The van der Waals surface area contributed by atoms with Crippen LogP contribution in [0.3, 0.4) is 0 Å². The molecule has 0 aliphatic heterocycles. The van der Waals surface area contributed by atoms with Crippen LogP contribution in [0, 0.1) is 10.1 Å². The largest absolute Gasteiger partial charge is 0.480 e. The van der Waals surface area contributed by atoms with E-state index >= 15 is 0 Å². The monoisotopic (exact) mass is 285 g/mol. The van der Waals surface area contributed by atoms with Gasteiger partial charge in [-0.3, -0.25) is 9.59 Å². The van der Waals surface area contributed by atoms with E-state index < -0.39 is 47.5 Å². The predicted molar refractivity (Wildman–Crippen MR) is 62.3 cm³/mol. The fraction of sp³-hybridized carbons (Fsp3) is 0.333. The summed E-state index contributed by atoms with van der Waals surface area (Å²) in [5.74, 6) is -3.50. The highest BCUT2D eigenvalue weighted by Gasteiger charge is 2.23. The zero-order valence-corrected chi connectivity index (χ0v) is 10.1. The molecule has 0 fully saturated rings. The molecule has 0 spiro atoms. The van der Waals surface area contributed by atoms with Crippen molar-refractivity contribution in [2.75, 3.05) is 0 Å². The molecule has 0 aliphatic carbocycles. The molecular weight excluding hydrogens is 274 g/mol. The summed E-state index contributed by atoms with van der Waals surface area (Å²) < 4.78 is 0.969. The Balaban J connectivity index is 2.62. The predicted octanol–water partition coefficient (Wildman–Crippen LogP) is -1.76. The summed E-state index contributed by atoms with van der Waals surface area (Å²) in [4.78, 5) is 42.6. The number of carbonyl (C=O) groups is 3. The lowest BCUT2D eigenvalue weighted by Crippen LogP contribution is -2.44. The molecular formula is C9H11N5O6. The second kappa shape index (κ2) is 6.26. The Morgan fingerprint density at radius 1 is 1.55 bits per heavy atom. The molecule has 1 atom stereocenters. The Hall–Kier alpha value is -2.98. The number of carbonyl (C=O) groups excluding carboxylic acids is 2. The topological polar surface area (TPSA) is 170 Å². The van der Waals surface area contributed by atoms with Gasteiger partial charge < -0.3 is 26.3 Å². The van der Waals surface area contributed by atoms with Crippen LogP contribution in [0.2, 0.25) is 0 Å². The summed E-state index contributed by atoms with van der Waals surface area (Å²) >= 11 is 0. The fourth-order valence-corrected chi connectivity index (χ4v) is 1.32. The summed E-state index contributed by atoms with van der Waals surface area (Å²) in [6, 6.07) is -0.365. The van der Waals surface area contributed by atoms with E-state index in [4.69, 9.17) is 10.8 Å². The number of carboxylic acid groups (broad SMARTS) is 1. The van der Waals surface area contributed by atoms with E-state index in [1.807, 2.05) is 0 Å². The van der Waals surface area contributed by atoms with Gasteiger partial charge in [0, 0.05) is 0 Å². The molecule has 0 aromatic carbocycles. The minimum Gasteiger partial charge on any atom is -0.480 e. The number of aromatic nitrogens is 2. The Kier molecular flexibility index (Phi) is 4.72. The van der Waals surface area contributed by atoms with Crippen molar-refractivity contribution < 1.29 is 24.4 Å². The van der Waals surface area contributed by atoms with Gasteiger partial charge in [-0.05, 0) is 4.92 Å². The van der Waals surface area contributed by atoms with Crippen molar-refractivity contribution in [2.45, 2.75) is 19.0 Å². The van der Waals surface area contributed by atoms with Gasteiger partial charge in [-0.25, -0.2) is 4.79 Å². The molecule has 4 N–H and O–H groups in total. The van der Waals surface area contributed by atoms with E-state index in [9.17, 15) is 24.5 Å². The highest BCUT2D eigenvalue weighted by Crippen LogP contribution is 2.04. The van der Waals surface area contributed by atoms with Crippen molar-refractivity contribution in [3.63, 3.8) is 0 Å². The Bertz CT molecular complexity index is 553. The first-order chi connectivity index (χ1) is 9.29. The number of nitrogens with two attached hydrogens (primary N) is 1. The first kappa shape index (κ1) is 15.1. The van der Waals surface area contributed by atoms with Gasteiger partial charge >= 0.3 is 11.8 Å². The lowest BCUT2D eigenvalue weighted by Gasteiger charge is -2.11. The van der Waals surface area contributed by atoms with Crippen LogP contribution in [0.1, 0.15) is 6.42 Å². The summed E-state index contributed by atoms with van der Waals surface area (Å²) in [5.41, 5.74) is 4.85. The van der Waals surface area contributed by atoms with E-state index in [0.29, 0.717) is 0 Å². The van der Waals surface area contributed by atoms with Gasteiger partial charge in [0.15, 0.2) is 0 Å². The summed E-state index contributed by atoms with van der Waals surface area (Å²) in [6.07, 6.45) is 0.641. The number of rotatable bonds is 7. The lowest BCUT2D eigenvalue weighted by molar-refractivity contribution is -0.389. The van der Waals surface area contributed by atoms with Gasteiger partial charge in [0.1, 0.15) is 12.6 Å². The average molecular weight is 285 g/mol. The number of carboxylic acids is 1. The number of hydrogen-bond acceptors (Lipinski definition) is 6. The third-order valence-electron chi connectivity index (χ3n) is 2.16. The SMILES string of the molecule is NC(=O)C[C@H](NC(=O)Cn1ccc([N+](=O)[O-])n1)C(=O)O. The third-order valence-corrected chi connectivity index (χ3v) is 2.16. The highest BCUT2D eigenvalue weighted by molar-refractivity contribution is 5.88. The van der Waals surface area contributed by atoms with Crippen molar-refractivity contribution in [3.8, 4) is 0 Å². The molecule has 1 aromatic rings. The zero-order chi connectivity index (χ0) is 15.3. The molecule has 0 saturated carbocycles. The molecule has 0 saturated heterocycles. The maximum absolute atomic E-state index is 11.5. The second-order valence-electron chi connectivity index (χ2n) is 3.76. The molecule has 20 heavy (non-hydrogen) atoms. The first-order valence-corrected chi connectivity index (χ1v) is 5.28. The number of hydrogen-bond donors (Lipinski definition) is 3. The average Bonchev–Trinajstić information content (AvgIpc) is 2.75. The third kappa shape index (κ3) is 4.36. The molecule has 11 heteroatoms. The van der Waals surface area contributed by atoms with Crippen LogP contribution in [-0.4, -0.2) is 43.6 Å². The molecule has 1 heterocycles. The Morgan fingerprint density at radius 2 is 2.20 bits per heavy atom. The number of amides is 2. The van der Waals surface area contributed by atoms with Crippen LogP contribution in [0.25, 0.3) is 0 Å². The zero-order valence-electron chi connectivity index (χ0n) is 10.1. The molecule has 0 bridgehead atoms. The molecule has 108 valence electrons. The highest BCUT2D eigenvalue weighted by atomic mass is 16.6. The van der Waals surface area contributed by atoms with Gasteiger partial charge in [0.2, 0.25) is 11.8 Å². The maximum Gasteiger partial charge on any atom is 0.389 e. The minimum absolute atomic E-state index is 0.420. The number of nitrogens with one attached hydrogen (secondary N) is 1. The van der Waals surface area contributed by atoms with Crippen molar-refractivity contribution >= 4 is 23.6 Å². The smallest absolute Gasteiger partial charge is 0.389 e. The van der Waals surface area contributed by atoms with E-state index in [-0.39, 0.29) is 0 Å². The number of aliphatic carboxylic acids is 1. The maximum atomic E-state index is 11.5. The normalized spacial score (nSPS) is 11.6. The fourth-order valence-electron chi connectivity index (χ4n) is 1.32. The van der Waals surface area contributed by atoms with Gasteiger partial charge in [-0.1, -0.05) is 0 Å². The van der Waals surface area contributed by atoms with Crippen LogP contribution in [0.15, 0.2) is 12.3 Å². The van der Waals surface area contributed by atoms with Crippen molar-refractivity contribution in [2.24, 2.45) is 5.73 Å². The molecule has 1 aromatic heterocycles. The van der Waals surface area contributed by atoms with Crippen molar-refractivity contribution in [1.82, 2.24) is 15.1 Å². The molecule has 11 nitrogen and oxygen atoms in total. The van der Waals surface area contributed by atoms with Gasteiger partial charge in [0.05, 0.1) is 23.8 Å². The van der Waals surface area contributed by atoms with Crippen molar-refractivity contribution in [3.05, 3.63) is 22.4 Å². The van der Waals surface area contributed by atoms with Crippen molar-refractivity contribution in [1.29, 1.82) is 0 Å². The van der Waals surface area contributed by atoms with Crippen LogP contribution in [0.4, 0.5) is 5.82 Å². The standard InChI is InChI=1S/C9H11N5O6/c10-6(15)3-5(9(17)18)11-8(16)4-13-2-1-7(12-13)14(19)20/h1-2,5H,3-4H2,(H2,10,15)(H,11,16)(H,17,18)/t5-/m0/s1. The Labute approximate surface area is 111 Å². The van der Waals surface area contributed by atoms with Gasteiger partial charge in [0.25, 0.3) is 0 Å². The first-order valence-electron chi connectivity index (χ1n) is 5.28. The number of nitrogens with zero attached hydrogens (tertiary/aromatic N) is 3. The lowest BCUT2D eigenvalue weighted by atomic mass is 10.2. The van der Waals surface area contributed by atoms with Gasteiger partial charge in [-0.15, -0.1) is 0 Å². The number of primary amides is 1. The summed E-state index contributed by atoms with van der Waals surface area (Å²) in [7, 11) is 0. The van der Waals surface area contributed by atoms with E-state index in [2.05, 4.69) is 10.4 Å². The minimum atomic E-state index is -1.45. The van der Waals surface area contributed by atoms with Crippen LogP contribution < -0.4 is 11.1 Å². The van der Waals surface area contributed by atoms with E-state index in [0.717, 1.165) is 10.7 Å². The molecule has 2 amide bonds. The van der Waals surface area contributed by atoms with Gasteiger partial charge in [-0.2, -0.15) is 4.68 Å². The van der Waals surface area contributed by atoms with Crippen LogP contribution in [-0.2, 0) is 20.9 Å². The quantitative estimate of drug-likeness (QED) is 0.393. The molecule has 1 rings (SSSR count). The van der Waals surface area contributed by atoms with Crippen LogP contribution >= 0.6 is 0 Å². The second-order valence-corrected chi connectivity index (χ2v) is 3.76. The molecule has 0 aliphatic rings. The van der Waals surface area contributed by atoms with Crippen LogP contribution in [0.5, 0.6) is 0 Å². The number of nitro groups is 1. The summed E-state index contributed by atoms with van der Waals surface area (Å²) in [5, 5.41) is 24.7. The summed E-state index contributed by atoms with van der Waals surface area (Å²) in [6.45, 7) is -0.420.